The van der Waals surface area contributed by atoms with Gasteiger partial charge in [-0.3, -0.25) is 4.98 Å². The summed E-state index contributed by atoms with van der Waals surface area (Å²) < 4.78 is 11.3. The quantitative estimate of drug-likeness (QED) is 0.855. The van der Waals surface area contributed by atoms with E-state index < -0.39 is 0 Å². The molecular weight excluding hydrogens is 240 g/mol. The maximum Gasteiger partial charge on any atom is 0.128 e. The average Bonchev–Trinajstić information content (AvgIpc) is 2.34. The largest absolute Gasteiger partial charge is 0.496 e. The minimum absolute atomic E-state index is 0.395. The van der Waals surface area contributed by atoms with Crippen LogP contribution in [0.15, 0.2) is 6.20 Å². The Balaban J connectivity index is 1.87. The van der Waals surface area contributed by atoms with Crippen molar-refractivity contribution in [2.45, 2.75) is 39.4 Å². The first-order valence-electron chi connectivity index (χ1n) is 6.91. The van der Waals surface area contributed by atoms with Gasteiger partial charge in [0.1, 0.15) is 5.75 Å². The van der Waals surface area contributed by atoms with Gasteiger partial charge in [0.2, 0.25) is 0 Å². The van der Waals surface area contributed by atoms with Crippen molar-refractivity contribution in [3.8, 4) is 5.75 Å². The fourth-order valence-corrected chi connectivity index (χ4v) is 2.68. The standard InChI is InChI=1S/C15H24N2O2/c1-10-7-17-14(11(2)15(10)18-4)9-19-13-5-12(6-13)8-16-3/h7,12-13,16H,5-6,8-9H2,1-4H3. The molecule has 1 aliphatic carbocycles. The molecule has 1 N–H and O–H groups in total. The molecule has 4 nitrogen and oxygen atoms in total. The predicted octanol–water partition coefficient (Wildman–Crippen LogP) is 2.22. The van der Waals surface area contributed by atoms with Gasteiger partial charge in [-0.2, -0.15) is 0 Å². The van der Waals surface area contributed by atoms with Crippen LogP contribution in [0, 0.1) is 19.8 Å². The smallest absolute Gasteiger partial charge is 0.128 e. The maximum atomic E-state index is 5.91. The SMILES string of the molecule is CNCC1CC(OCc2ncc(C)c(OC)c2C)C1. The molecule has 0 aliphatic heterocycles. The Hall–Kier alpha value is -1.13. The van der Waals surface area contributed by atoms with Crippen LogP contribution in [0.1, 0.15) is 29.7 Å². The highest BCUT2D eigenvalue weighted by molar-refractivity contribution is 5.40. The fourth-order valence-electron chi connectivity index (χ4n) is 2.68. The van der Waals surface area contributed by atoms with Crippen LogP contribution in [-0.2, 0) is 11.3 Å². The molecule has 2 rings (SSSR count). The van der Waals surface area contributed by atoms with Crippen LogP contribution in [0.2, 0.25) is 0 Å². The van der Waals surface area contributed by atoms with Gasteiger partial charge in [-0.15, -0.1) is 0 Å². The van der Waals surface area contributed by atoms with Gasteiger partial charge >= 0.3 is 0 Å². The summed E-state index contributed by atoms with van der Waals surface area (Å²) in [5.74, 6) is 1.70. The van der Waals surface area contributed by atoms with Gasteiger partial charge in [0.25, 0.3) is 0 Å². The van der Waals surface area contributed by atoms with Crippen molar-refractivity contribution in [2.24, 2.45) is 5.92 Å². The van der Waals surface area contributed by atoms with Crippen molar-refractivity contribution >= 4 is 0 Å². The highest BCUT2D eigenvalue weighted by atomic mass is 16.5. The van der Waals surface area contributed by atoms with E-state index in [9.17, 15) is 0 Å². The maximum absolute atomic E-state index is 5.91. The summed E-state index contributed by atoms with van der Waals surface area (Å²) in [6.07, 6.45) is 4.56. The number of aromatic nitrogens is 1. The van der Waals surface area contributed by atoms with Gasteiger partial charge in [0.05, 0.1) is 25.5 Å². The number of aryl methyl sites for hydroxylation is 1. The van der Waals surface area contributed by atoms with E-state index in [4.69, 9.17) is 9.47 Å². The van der Waals surface area contributed by atoms with Gasteiger partial charge in [0.15, 0.2) is 0 Å². The van der Waals surface area contributed by atoms with E-state index >= 15 is 0 Å². The van der Waals surface area contributed by atoms with Crippen LogP contribution in [-0.4, -0.2) is 31.8 Å². The zero-order chi connectivity index (χ0) is 13.8. The molecule has 1 fully saturated rings. The van der Waals surface area contributed by atoms with E-state index in [1.807, 2.05) is 27.1 Å². The van der Waals surface area contributed by atoms with E-state index in [2.05, 4.69) is 10.3 Å². The van der Waals surface area contributed by atoms with E-state index in [0.717, 1.165) is 47.9 Å². The molecule has 106 valence electrons. The molecule has 0 aromatic carbocycles. The third kappa shape index (κ3) is 3.25. The first-order valence-corrected chi connectivity index (χ1v) is 6.91. The molecule has 0 radical (unpaired) electrons. The number of methoxy groups -OCH3 is 1. The van der Waals surface area contributed by atoms with Crippen LogP contribution in [0.4, 0.5) is 0 Å². The summed E-state index contributed by atoms with van der Waals surface area (Å²) >= 11 is 0. The van der Waals surface area contributed by atoms with Crippen LogP contribution in [0.5, 0.6) is 5.75 Å². The van der Waals surface area contributed by atoms with Gasteiger partial charge in [-0.25, -0.2) is 0 Å². The number of nitrogens with zero attached hydrogens (tertiary/aromatic N) is 1. The summed E-state index contributed by atoms with van der Waals surface area (Å²) in [4.78, 5) is 4.45. The summed E-state index contributed by atoms with van der Waals surface area (Å²) in [5.41, 5.74) is 3.15. The number of hydrogen-bond acceptors (Lipinski definition) is 4. The summed E-state index contributed by atoms with van der Waals surface area (Å²) in [6.45, 7) is 5.73. The first kappa shape index (κ1) is 14.3. The van der Waals surface area contributed by atoms with Crippen LogP contribution in [0.25, 0.3) is 0 Å². The Kier molecular flexibility index (Phi) is 4.77. The monoisotopic (exact) mass is 264 g/mol. The lowest BCUT2D eigenvalue weighted by atomic mass is 9.82. The molecule has 0 bridgehead atoms. The zero-order valence-corrected chi connectivity index (χ0v) is 12.3. The van der Waals surface area contributed by atoms with Crippen molar-refractivity contribution in [3.05, 3.63) is 23.0 Å². The van der Waals surface area contributed by atoms with E-state index in [0.29, 0.717) is 12.7 Å². The number of pyridine rings is 1. The molecule has 0 saturated heterocycles. The fraction of sp³-hybridized carbons (Fsp3) is 0.667. The second-order valence-corrected chi connectivity index (χ2v) is 5.37. The number of hydrogen-bond donors (Lipinski definition) is 1. The Morgan fingerprint density at radius 3 is 2.74 bits per heavy atom. The third-order valence-corrected chi connectivity index (χ3v) is 3.89. The molecule has 0 unspecified atom stereocenters. The minimum atomic E-state index is 0.395. The Bertz CT molecular complexity index is 428. The Labute approximate surface area is 115 Å². The normalized spacial score (nSPS) is 22.1. The van der Waals surface area contributed by atoms with Crippen molar-refractivity contribution in [2.75, 3.05) is 20.7 Å². The van der Waals surface area contributed by atoms with E-state index in [1.54, 1.807) is 7.11 Å². The van der Waals surface area contributed by atoms with E-state index in [1.165, 1.54) is 0 Å². The van der Waals surface area contributed by atoms with Gasteiger partial charge in [-0.05, 0) is 46.2 Å². The highest BCUT2D eigenvalue weighted by Crippen LogP contribution is 2.31. The lowest BCUT2D eigenvalue weighted by molar-refractivity contribution is -0.0405. The van der Waals surface area contributed by atoms with Gasteiger partial charge in [0, 0.05) is 17.3 Å². The molecule has 1 heterocycles. The highest BCUT2D eigenvalue weighted by Gasteiger charge is 2.29. The predicted molar refractivity (Wildman–Crippen MR) is 75.5 cm³/mol. The lowest BCUT2D eigenvalue weighted by Gasteiger charge is -2.35. The van der Waals surface area contributed by atoms with Crippen molar-refractivity contribution in [1.82, 2.24) is 10.3 Å². The average molecular weight is 264 g/mol. The Morgan fingerprint density at radius 1 is 1.37 bits per heavy atom. The number of ether oxygens (including phenoxy) is 2. The Morgan fingerprint density at radius 2 is 2.11 bits per heavy atom. The van der Waals surface area contributed by atoms with Crippen LogP contribution >= 0.6 is 0 Å². The lowest BCUT2D eigenvalue weighted by Crippen LogP contribution is -2.36. The minimum Gasteiger partial charge on any atom is -0.496 e. The molecule has 0 atom stereocenters. The summed E-state index contributed by atoms with van der Waals surface area (Å²) in [7, 11) is 3.70. The van der Waals surface area contributed by atoms with Crippen LogP contribution in [0.3, 0.4) is 0 Å². The third-order valence-electron chi connectivity index (χ3n) is 3.89. The zero-order valence-electron chi connectivity index (χ0n) is 12.3. The van der Waals surface area contributed by atoms with E-state index in [-0.39, 0.29) is 0 Å². The molecular formula is C15H24N2O2. The molecule has 1 aromatic rings. The molecule has 0 spiro atoms. The molecule has 1 saturated carbocycles. The number of nitrogens with one attached hydrogen (secondary N) is 1. The topological polar surface area (TPSA) is 43.4 Å². The summed E-state index contributed by atoms with van der Waals surface area (Å²) in [5, 5.41) is 3.21. The van der Waals surface area contributed by atoms with Gasteiger partial charge in [-0.1, -0.05) is 0 Å². The second kappa shape index (κ2) is 6.35. The van der Waals surface area contributed by atoms with Crippen molar-refractivity contribution < 1.29 is 9.47 Å². The molecule has 19 heavy (non-hydrogen) atoms. The van der Waals surface area contributed by atoms with Gasteiger partial charge < -0.3 is 14.8 Å². The number of rotatable bonds is 6. The van der Waals surface area contributed by atoms with Crippen molar-refractivity contribution in [3.63, 3.8) is 0 Å². The molecule has 1 aliphatic rings. The molecule has 1 aromatic heterocycles. The molecule has 4 heteroatoms. The summed E-state index contributed by atoms with van der Waals surface area (Å²) in [6, 6.07) is 0. The van der Waals surface area contributed by atoms with Crippen LogP contribution < -0.4 is 10.1 Å². The molecule has 0 amide bonds. The second-order valence-electron chi connectivity index (χ2n) is 5.37. The van der Waals surface area contributed by atoms with Crippen molar-refractivity contribution in [1.29, 1.82) is 0 Å². The first-order chi connectivity index (χ1) is 9.15.